The number of aromatic nitrogens is 1. The molecule has 2 aliphatic rings. The highest BCUT2D eigenvalue weighted by atomic mass is 16.5. The Morgan fingerprint density at radius 2 is 1.55 bits per heavy atom. The summed E-state index contributed by atoms with van der Waals surface area (Å²) >= 11 is 0. The molecule has 0 aliphatic carbocycles. The Morgan fingerprint density at radius 1 is 0.830 bits per heavy atom. The fraction of sp³-hybridized carbons (Fsp3) is 0.297. The number of anilines is 1. The van der Waals surface area contributed by atoms with Crippen molar-refractivity contribution in [3.05, 3.63) is 119 Å². The molecular formula is C37H39N5O5. The number of benzene rings is 3. The quantitative estimate of drug-likeness (QED) is 0.238. The molecule has 2 atom stereocenters. The maximum Gasteiger partial charge on any atom is 0.264 e. The van der Waals surface area contributed by atoms with E-state index in [0.717, 1.165) is 37.4 Å². The van der Waals surface area contributed by atoms with Crippen LogP contribution < -0.4 is 19.7 Å². The first-order valence-electron chi connectivity index (χ1n) is 15.8. The van der Waals surface area contributed by atoms with Gasteiger partial charge in [0.2, 0.25) is 5.91 Å². The fourth-order valence-electron chi connectivity index (χ4n) is 6.50. The third-order valence-corrected chi connectivity index (χ3v) is 9.12. The lowest BCUT2D eigenvalue weighted by atomic mass is 10.0. The first-order valence-corrected chi connectivity index (χ1v) is 15.8. The second-order valence-electron chi connectivity index (χ2n) is 11.8. The van der Waals surface area contributed by atoms with Crippen molar-refractivity contribution < 1.29 is 23.9 Å². The third-order valence-electron chi connectivity index (χ3n) is 9.12. The van der Waals surface area contributed by atoms with E-state index in [1.54, 1.807) is 55.9 Å². The zero-order valence-electron chi connectivity index (χ0n) is 26.9. The molecule has 47 heavy (non-hydrogen) atoms. The summed E-state index contributed by atoms with van der Waals surface area (Å²) in [6.07, 6.45) is 3.41. The first kappa shape index (κ1) is 31.7. The monoisotopic (exact) mass is 633 g/mol. The van der Waals surface area contributed by atoms with Crippen molar-refractivity contribution >= 4 is 23.4 Å². The van der Waals surface area contributed by atoms with E-state index in [1.165, 1.54) is 17.6 Å². The van der Waals surface area contributed by atoms with Crippen molar-refractivity contribution in [1.82, 2.24) is 20.1 Å². The number of amides is 3. The lowest BCUT2D eigenvalue weighted by molar-refractivity contribution is -0.120. The molecule has 10 heteroatoms. The molecule has 3 heterocycles. The van der Waals surface area contributed by atoms with Crippen LogP contribution in [0.25, 0.3) is 0 Å². The third kappa shape index (κ3) is 6.55. The van der Waals surface area contributed by atoms with Crippen LogP contribution in [0.5, 0.6) is 11.5 Å². The summed E-state index contributed by atoms with van der Waals surface area (Å²) in [7, 11) is 3.07. The number of carbonyl (C=O) groups is 3. The van der Waals surface area contributed by atoms with Crippen molar-refractivity contribution in [2.75, 3.05) is 51.8 Å². The maximum absolute atomic E-state index is 14.3. The Balaban J connectivity index is 1.26. The van der Waals surface area contributed by atoms with Crippen LogP contribution in [0.15, 0.2) is 91.3 Å². The standard InChI is InChI=1S/C37H39N5O5/c1-25(27-8-5-4-6-9-27)40-18-20-41(21-19-40)30-11-7-10-29-35(30)37(45)42(36(29)44)31(28-12-13-32(46-2)33(23-28)47-3)24-39-34(43)22-26-14-16-38-17-15-26/h4-17,23,25,31H,18-22,24H2,1-3H3,(H,39,43)/t25-,31?/m1/s1. The van der Waals surface area contributed by atoms with E-state index >= 15 is 0 Å². The summed E-state index contributed by atoms with van der Waals surface area (Å²) in [5, 5.41) is 2.95. The second-order valence-corrected chi connectivity index (χ2v) is 11.8. The molecular weight excluding hydrogens is 594 g/mol. The average Bonchev–Trinajstić information content (AvgIpc) is 3.37. The van der Waals surface area contributed by atoms with Crippen molar-refractivity contribution in [3.8, 4) is 11.5 Å². The van der Waals surface area contributed by atoms with Gasteiger partial charge in [0.05, 0.1) is 43.5 Å². The van der Waals surface area contributed by atoms with Gasteiger partial charge in [-0.15, -0.1) is 0 Å². The van der Waals surface area contributed by atoms with Crippen LogP contribution in [0.2, 0.25) is 0 Å². The van der Waals surface area contributed by atoms with Gasteiger partial charge in [-0.05, 0) is 60.0 Å². The highest BCUT2D eigenvalue weighted by Crippen LogP contribution is 2.39. The normalized spacial score (nSPS) is 16.1. The molecule has 1 N–H and O–H groups in total. The van der Waals surface area contributed by atoms with Gasteiger partial charge in [0.15, 0.2) is 11.5 Å². The number of nitrogens with one attached hydrogen (secondary N) is 1. The van der Waals surface area contributed by atoms with Crippen LogP contribution >= 0.6 is 0 Å². The van der Waals surface area contributed by atoms with Crippen LogP contribution in [0.1, 0.15) is 56.4 Å². The van der Waals surface area contributed by atoms with E-state index in [0.29, 0.717) is 28.2 Å². The molecule has 0 spiro atoms. The Bertz CT molecular complexity index is 1740. The van der Waals surface area contributed by atoms with Gasteiger partial charge < -0.3 is 19.7 Å². The topological polar surface area (TPSA) is 104 Å². The molecule has 0 radical (unpaired) electrons. The number of imide groups is 1. The Kier molecular flexibility index (Phi) is 9.49. The molecule has 0 bridgehead atoms. The molecule has 2 aliphatic heterocycles. The molecule has 6 rings (SSSR count). The van der Waals surface area contributed by atoms with Crippen molar-refractivity contribution in [1.29, 1.82) is 0 Å². The molecule has 3 aromatic carbocycles. The number of nitrogens with zero attached hydrogens (tertiary/aromatic N) is 4. The SMILES string of the molecule is COc1ccc(C(CNC(=O)Cc2ccncc2)N2C(=O)c3cccc(N4CCN([C@H](C)c5ccccc5)CC4)c3C2=O)cc1OC. The zero-order valence-corrected chi connectivity index (χ0v) is 26.9. The van der Waals surface area contributed by atoms with E-state index < -0.39 is 11.9 Å². The average molecular weight is 634 g/mol. The van der Waals surface area contributed by atoms with Gasteiger partial charge >= 0.3 is 0 Å². The fourth-order valence-corrected chi connectivity index (χ4v) is 6.50. The Hall–Kier alpha value is -5.22. The number of piperazine rings is 1. The molecule has 242 valence electrons. The van der Waals surface area contributed by atoms with Gasteiger partial charge in [-0.3, -0.25) is 29.2 Å². The van der Waals surface area contributed by atoms with Crippen molar-refractivity contribution in [3.63, 3.8) is 0 Å². The molecule has 4 aromatic rings. The molecule has 1 unspecified atom stereocenters. The molecule has 1 saturated heterocycles. The van der Waals surface area contributed by atoms with Crippen LogP contribution in [0, 0.1) is 0 Å². The van der Waals surface area contributed by atoms with Crippen molar-refractivity contribution in [2.45, 2.75) is 25.4 Å². The number of pyridine rings is 1. The molecule has 1 aromatic heterocycles. The lowest BCUT2D eigenvalue weighted by Crippen LogP contribution is -2.47. The molecule has 3 amide bonds. The van der Waals surface area contributed by atoms with E-state index in [9.17, 15) is 14.4 Å². The van der Waals surface area contributed by atoms with Gasteiger partial charge in [0.25, 0.3) is 11.8 Å². The summed E-state index contributed by atoms with van der Waals surface area (Å²) < 4.78 is 11.0. The number of ether oxygens (including phenoxy) is 2. The van der Waals surface area contributed by atoms with E-state index in [-0.39, 0.29) is 30.8 Å². The van der Waals surface area contributed by atoms with Crippen LogP contribution in [-0.2, 0) is 11.2 Å². The second kappa shape index (κ2) is 14.0. The minimum absolute atomic E-state index is 0.0241. The summed E-state index contributed by atoms with van der Waals surface area (Å²) in [5.41, 5.74) is 4.22. The van der Waals surface area contributed by atoms with Crippen LogP contribution in [0.3, 0.4) is 0 Å². The summed E-state index contributed by atoms with van der Waals surface area (Å²) in [6.45, 7) is 5.33. The highest BCUT2D eigenvalue weighted by Gasteiger charge is 2.43. The number of hydrogen-bond donors (Lipinski definition) is 1. The van der Waals surface area contributed by atoms with Crippen LogP contribution in [0.4, 0.5) is 5.69 Å². The minimum Gasteiger partial charge on any atom is -0.493 e. The predicted octanol–water partition coefficient (Wildman–Crippen LogP) is 4.68. The number of rotatable bonds is 11. The Labute approximate surface area is 274 Å². The smallest absolute Gasteiger partial charge is 0.264 e. The van der Waals surface area contributed by atoms with Crippen LogP contribution in [-0.4, -0.2) is 79.4 Å². The molecule has 1 fully saturated rings. The van der Waals surface area contributed by atoms with Gasteiger partial charge in [-0.25, -0.2) is 0 Å². The van der Waals surface area contributed by atoms with Gasteiger partial charge in [-0.2, -0.15) is 0 Å². The summed E-state index contributed by atoms with van der Waals surface area (Å²) in [6, 6.07) is 24.2. The van der Waals surface area contributed by atoms with E-state index in [2.05, 4.69) is 51.3 Å². The predicted molar refractivity (Wildman–Crippen MR) is 179 cm³/mol. The summed E-state index contributed by atoms with van der Waals surface area (Å²) in [5.74, 6) is -0.0445. The number of hydrogen-bond acceptors (Lipinski definition) is 8. The number of fused-ring (bicyclic) bond motifs is 1. The number of carbonyl (C=O) groups excluding carboxylic acids is 3. The van der Waals surface area contributed by atoms with Gasteiger partial charge in [0.1, 0.15) is 0 Å². The molecule has 10 nitrogen and oxygen atoms in total. The van der Waals surface area contributed by atoms with Crippen molar-refractivity contribution in [2.24, 2.45) is 0 Å². The lowest BCUT2D eigenvalue weighted by Gasteiger charge is -2.39. The Morgan fingerprint density at radius 3 is 2.26 bits per heavy atom. The largest absolute Gasteiger partial charge is 0.493 e. The minimum atomic E-state index is -0.792. The summed E-state index contributed by atoms with van der Waals surface area (Å²) in [4.78, 5) is 51.4. The highest BCUT2D eigenvalue weighted by molar-refractivity contribution is 6.24. The zero-order chi connectivity index (χ0) is 32.9. The number of methoxy groups -OCH3 is 2. The first-order chi connectivity index (χ1) is 22.9. The molecule has 0 saturated carbocycles. The maximum atomic E-state index is 14.3. The van der Waals surface area contributed by atoms with E-state index in [4.69, 9.17) is 9.47 Å². The van der Waals surface area contributed by atoms with Gasteiger partial charge in [-0.1, -0.05) is 42.5 Å². The van der Waals surface area contributed by atoms with Gasteiger partial charge in [0, 0.05) is 51.2 Å². The van der Waals surface area contributed by atoms with E-state index in [1.807, 2.05) is 18.2 Å².